The highest BCUT2D eigenvalue weighted by Gasteiger charge is 2.24. The number of amides is 1. The minimum Gasteiger partial charge on any atom is -0.444 e. The molecule has 2 rings (SSSR count). The first-order valence-electron chi connectivity index (χ1n) is 10.7. The lowest BCUT2D eigenvalue weighted by atomic mass is 10.1. The van der Waals surface area contributed by atoms with E-state index in [4.69, 9.17) is 4.74 Å². The Morgan fingerprint density at radius 1 is 1.12 bits per heavy atom. The number of benzene rings is 1. The van der Waals surface area contributed by atoms with E-state index < -0.39 is 17.2 Å². The lowest BCUT2D eigenvalue weighted by Crippen LogP contribution is -2.49. The minimum atomic E-state index is -0.540. The highest BCUT2D eigenvalue weighted by Crippen LogP contribution is 2.10. The van der Waals surface area contributed by atoms with Crippen LogP contribution in [0.5, 0.6) is 0 Å². The molecule has 0 saturated heterocycles. The molecule has 0 fully saturated rings. The van der Waals surface area contributed by atoms with Gasteiger partial charge in [-0.3, -0.25) is 4.99 Å². The van der Waals surface area contributed by atoms with Gasteiger partial charge in [0.1, 0.15) is 5.60 Å². The van der Waals surface area contributed by atoms with Gasteiger partial charge in [-0.25, -0.2) is 9.48 Å². The highest BCUT2D eigenvalue weighted by atomic mass is 127. The van der Waals surface area contributed by atoms with E-state index in [-0.39, 0.29) is 24.0 Å². The third-order valence-corrected chi connectivity index (χ3v) is 4.18. The first-order valence-corrected chi connectivity index (χ1v) is 10.7. The Balaban J connectivity index is 0.00000512. The Morgan fingerprint density at radius 2 is 1.81 bits per heavy atom. The number of nitrogens with one attached hydrogen (secondary N) is 3. The summed E-state index contributed by atoms with van der Waals surface area (Å²) in [4.78, 5) is 16.7. The minimum absolute atomic E-state index is 0. The van der Waals surface area contributed by atoms with Gasteiger partial charge < -0.3 is 20.7 Å². The van der Waals surface area contributed by atoms with Crippen LogP contribution in [0.3, 0.4) is 0 Å². The van der Waals surface area contributed by atoms with Gasteiger partial charge in [0.25, 0.3) is 0 Å². The normalized spacial score (nSPS) is 12.0. The summed E-state index contributed by atoms with van der Waals surface area (Å²) in [6.07, 6.45) is 4.29. The number of aromatic nitrogens is 2. The maximum Gasteiger partial charge on any atom is 0.408 e. The fourth-order valence-electron chi connectivity index (χ4n) is 2.77. The number of aliphatic imine (C=N–C) groups is 1. The van der Waals surface area contributed by atoms with E-state index in [0.29, 0.717) is 19.0 Å². The van der Waals surface area contributed by atoms with Crippen molar-refractivity contribution in [2.75, 3.05) is 19.6 Å². The molecular formula is C23H37IN6O2. The van der Waals surface area contributed by atoms with Crippen molar-refractivity contribution in [2.24, 2.45) is 4.99 Å². The van der Waals surface area contributed by atoms with Gasteiger partial charge in [-0.15, -0.1) is 24.0 Å². The number of hydrogen-bond donors (Lipinski definition) is 3. The Hall–Kier alpha value is -2.30. The molecule has 1 heterocycles. The number of hydrogen-bond acceptors (Lipinski definition) is 4. The zero-order valence-electron chi connectivity index (χ0n) is 19.9. The van der Waals surface area contributed by atoms with Crippen molar-refractivity contribution in [3.05, 3.63) is 48.3 Å². The molecule has 0 atom stereocenters. The molecule has 0 saturated carbocycles. The summed E-state index contributed by atoms with van der Waals surface area (Å²) in [5.41, 5.74) is 1.10. The largest absolute Gasteiger partial charge is 0.444 e. The maximum atomic E-state index is 12.1. The molecule has 0 aliphatic heterocycles. The maximum absolute atomic E-state index is 12.1. The molecule has 0 spiro atoms. The predicted molar refractivity (Wildman–Crippen MR) is 140 cm³/mol. The summed E-state index contributed by atoms with van der Waals surface area (Å²) in [7, 11) is 0. The van der Waals surface area contributed by atoms with Crippen LogP contribution >= 0.6 is 24.0 Å². The molecule has 0 bridgehead atoms. The van der Waals surface area contributed by atoms with Crippen molar-refractivity contribution < 1.29 is 9.53 Å². The van der Waals surface area contributed by atoms with Crippen molar-refractivity contribution in [1.29, 1.82) is 0 Å². The SMILES string of the molecule is CCNC(=NCC(C)(C)NC(=O)OC(C)(C)C)NCCc1cnn(-c2ccccc2)c1.I. The highest BCUT2D eigenvalue weighted by molar-refractivity contribution is 14.0. The number of ether oxygens (including phenoxy) is 1. The lowest BCUT2D eigenvalue weighted by Gasteiger charge is -2.27. The second-order valence-corrected chi connectivity index (χ2v) is 9.01. The number of rotatable bonds is 8. The molecule has 8 nitrogen and oxygen atoms in total. The molecule has 1 aromatic carbocycles. The van der Waals surface area contributed by atoms with Gasteiger partial charge in [-0.05, 0) is 65.7 Å². The zero-order valence-corrected chi connectivity index (χ0v) is 22.3. The Bertz CT molecular complexity index is 859. The quantitative estimate of drug-likeness (QED) is 0.261. The van der Waals surface area contributed by atoms with Gasteiger partial charge in [0.15, 0.2) is 5.96 Å². The van der Waals surface area contributed by atoms with Gasteiger partial charge in [0, 0.05) is 19.3 Å². The molecule has 2 aromatic rings. The van der Waals surface area contributed by atoms with Crippen LogP contribution in [-0.4, -0.2) is 52.6 Å². The molecule has 0 aliphatic carbocycles. The molecular weight excluding hydrogens is 519 g/mol. The van der Waals surface area contributed by atoms with Crippen molar-refractivity contribution in [1.82, 2.24) is 25.7 Å². The van der Waals surface area contributed by atoms with E-state index in [1.54, 1.807) is 0 Å². The standard InChI is InChI=1S/C23H36N6O2.HI/c1-7-24-20(26-17-23(5,6)28-21(30)31-22(2,3)4)25-14-13-18-15-27-29(16-18)19-11-9-8-10-12-19;/h8-12,15-16H,7,13-14,17H2,1-6H3,(H,28,30)(H2,24,25,26);1H. The number of nitrogens with zero attached hydrogens (tertiary/aromatic N) is 3. The van der Waals surface area contributed by atoms with E-state index in [9.17, 15) is 4.79 Å². The van der Waals surface area contributed by atoms with E-state index in [0.717, 1.165) is 24.2 Å². The molecule has 0 unspecified atom stereocenters. The van der Waals surface area contributed by atoms with E-state index in [1.807, 2.05) is 88.9 Å². The summed E-state index contributed by atoms with van der Waals surface area (Å²) in [6, 6.07) is 10.0. The topological polar surface area (TPSA) is 92.6 Å². The molecule has 178 valence electrons. The van der Waals surface area contributed by atoms with Crippen LogP contribution in [0, 0.1) is 0 Å². The van der Waals surface area contributed by atoms with E-state index in [1.165, 1.54) is 0 Å². The van der Waals surface area contributed by atoms with E-state index in [2.05, 4.69) is 26.0 Å². The zero-order chi connectivity index (χ0) is 22.9. The average Bonchev–Trinajstić information content (AvgIpc) is 3.14. The predicted octanol–water partition coefficient (Wildman–Crippen LogP) is 3.89. The molecule has 1 amide bonds. The third kappa shape index (κ3) is 10.3. The van der Waals surface area contributed by atoms with Crippen molar-refractivity contribution >= 4 is 36.0 Å². The van der Waals surface area contributed by atoms with Gasteiger partial charge in [-0.2, -0.15) is 5.10 Å². The molecule has 9 heteroatoms. The number of halogens is 1. The van der Waals surface area contributed by atoms with Crippen LogP contribution in [0.2, 0.25) is 0 Å². The average molecular weight is 556 g/mol. The number of alkyl carbamates (subject to hydrolysis) is 1. The Morgan fingerprint density at radius 3 is 2.44 bits per heavy atom. The van der Waals surface area contributed by atoms with Crippen molar-refractivity contribution in [3.63, 3.8) is 0 Å². The van der Waals surface area contributed by atoms with Gasteiger partial charge in [0.2, 0.25) is 0 Å². The summed E-state index contributed by atoms with van der Waals surface area (Å²) in [5, 5.41) is 13.9. The van der Waals surface area contributed by atoms with E-state index >= 15 is 0 Å². The number of carbonyl (C=O) groups is 1. The third-order valence-electron chi connectivity index (χ3n) is 4.18. The number of carbonyl (C=O) groups excluding carboxylic acids is 1. The van der Waals surface area contributed by atoms with Gasteiger partial charge in [-0.1, -0.05) is 18.2 Å². The fraction of sp³-hybridized carbons (Fsp3) is 0.522. The summed E-state index contributed by atoms with van der Waals surface area (Å²) < 4.78 is 7.21. The first kappa shape index (κ1) is 27.7. The Kier molecular flexibility index (Phi) is 11.0. The molecule has 0 radical (unpaired) electrons. The molecule has 32 heavy (non-hydrogen) atoms. The second kappa shape index (κ2) is 12.7. The molecule has 0 aliphatic rings. The van der Waals surface area contributed by atoms with Gasteiger partial charge in [0.05, 0.1) is 24.0 Å². The van der Waals surface area contributed by atoms with Crippen LogP contribution in [0.4, 0.5) is 4.79 Å². The smallest absolute Gasteiger partial charge is 0.408 e. The van der Waals surface area contributed by atoms with Crippen LogP contribution in [-0.2, 0) is 11.2 Å². The molecule has 3 N–H and O–H groups in total. The summed E-state index contributed by atoms with van der Waals surface area (Å²) >= 11 is 0. The van der Waals surface area contributed by atoms with Crippen LogP contribution < -0.4 is 16.0 Å². The number of guanidine groups is 1. The summed E-state index contributed by atoms with van der Waals surface area (Å²) in [6.45, 7) is 13.3. The van der Waals surface area contributed by atoms with Crippen molar-refractivity contribution in [2.45, 2.75) is 59.1 Å². The first-order chi connectivity index (χ1) is 14.6. The van der Waals surface area contributed by atoms with Crippen LogP contribution in [0.15, 0.2) is 47.7 Å². The van der Waals surface area contributed by atoms with Crippen LogP contribution in [0.1, 0.15) is 47.1 Å². The number of para-hydroxylation sites is 1. The van der Waals surface area contributed by atoms with Crippen molar-refractivity contribution in [3.8, 4) is 5.69 Å². The van der Waals surface area contributed by atoms with Gasteiger partial charge >= 0.3 is 6.09 Å². The Labute approximate surface area is 208 Å². The second-order valence-electron chi connectivity index (χ2n) is 9.01. The van der Waals surface area contributed by atoms with Crippen LogP contribution in [0.25, 0.3) is 5.69 Å². The molecule has 1 aromatic heterocycles. The lowest BCUT2D eigenvalue weighted by molar-refractivity contribution is 0.0476. The monoisotopic (exact) mass is 556 g/mol. The summed E-state index contributed by atoms with van der Waals surface area (Å²) in [5.74, 6) is 0.706. The fourth-order valence-corrected chi connectivity index (χ4v) is 2.77.